The van der Waals surface area contributed by atoms with Crippen molar-refractivity contribution in [3.8, 4) is 5.75 Å². The van der Waals surface area contributed by atoms with E-state index in [1.54, 1.807) is 10.7 Å². The topological polar surface area (TPSA) is 53.1 Å². The first-order valence-electron chi connectivity index (χ1n) is 5.76. The van der Waals surface area contributed by atoms with Crippen molar-refractivity contribution in [1.29, 1.82) is 0 Å². The fourth-order valence-corrected chi connectivity index (χ4v) is 2.21. The lowest BCUT2D eigenvalue weighted by Crippen LogP contribution is -2.05. The maximum atomic E-state index is 13.7. The normalized spacial score (nSPS) is 10.8. The lowest BCUT2D eigenvalue weighted by Gasteiger charge is -2.10. The van der Waals surface area contributed by atoms with Crippen LogP contribution in [0, 0.1) is 19.7 Å². The molecule has 19 heavy (non-hydrogen) atoms. The maximum Gasteiger partial charge on any atom is 0.167 e. The van der Waals surface area contributed by atoms with Gasteiger partial charge in [-0.2, -0.15) is 5.10 Å². The van der Waals surface area contributed by atoms with Crippen LogP contribution in [0.2, 0.25) is 0 Å². The number of hydrogen-bond donors (Lipinski definition) is 1. The zero-order chi connectivity index (χ0) is 14.2. The average molecular weight is 328 g/mol. The standard InChI is InChI=1S/C13H15BrFN3O/c1-7-4-12(9(15)5-10(7)16)19-6-11-13(14)8(2)17-18(11)3/h4-5H,6,16H2,1-3H3. The molecule has 0 aliphatic rings. The molecule has 0 saturated heterocycles. The molecule has 0 aliphatic carbocycles. The molecule has 6 heteroatoms. The fraction of sp³-hybridized carbons (Fsp3) is 0.308. The van der Waals surface area contributed by atoms with Crippen molar-refractivity contribution in [3.63, 3.8) is 0 Å². The first-order chi connectivity index (χ1) is 8.90. The van der Waals surface area contributed by atoms with Crippen molar-refractivity contribution in [2.24, 2.45) is 7.05 Å². The summed E-state index contributed by atoms with van der Waals surface area (Å²) in [6.07, 6.45) is 0. The Labute approximate surface area is 119 Å². The molecule has 2 N–H and O–H groups in total. The number of nitrogens with two attached hydrogens (primary N) is 1. The van der Waals surface area contributed by atoms with Gasteiger partial charge < -0.3 is 10.5 Å². The van der Waals surface area contributed by atoms with Crippen LogP contribution in [0.3, 0.4) is 0 Å². The largest absolute Gasteiger partial charge is 0.484 e. The molecule has 0 radical (unpaired) electrons. The zero-order valence-electron chi connectivity index (χ0n) is 11.0. The predicted molar refractivity (Wildman–Crippen MR) is 75.5 cm³/mol. The number of nitrogen functional groups attached to an aromatic ring is 1. The van der Waals surface area contributed by atoms with Gasteiger partial charge in [-0.05, 0) is 41.4 Å². The molecule has 0 fully saturated rings. The number of aryl methyl sites for hydroxylation is 3. The fourth-order valence-electron chi connectivity index (χ4n) is 1.76. The van der Waals surface area contributed by atoms with E-state index in [0.717, 1.165) is 21.4 Å². The molecule has 0 amide bonds. The second-order valence-corrected chi connectivity index (χ2v) is 5.19. The van der Waals surface area contributed by atoms with Gasteiger partial charge in [0.25, 0.3) is 0 Å². The van der Waals surface area contributed by atoms with Gasteiger partial charge in [0, 0.05) is 18.8 Å². The van der Waals surface area contributed by atoms with Crippen LogP contribution in [0.25, 0.3) is 0 Å². The van der Waals surface area contributed by atoms with Gasteiger partial charge in [0.1, 0.15) is 6.61 Å². The first-order valence-corrected chi connectivity index (χ1v) is 6.56. The molecule has 0 bridgehead atoms. The van der Waals surface area contributed by atoms with Crippen LogP contribution in [0.5, 0.6) is 5.75 Å². The quantitative estimate of drug-likeness (QED) is 0.881. The highest BCUT2D eigenvalue weighted by molar-refractivity contribution is 9.10. The highest BCUT2D eigenvalue weighted by atomic mass is 79.9. The molecule has 0 atom stereocenters. The Morgan fingerprint density at radius 2 is 2.11 bits per heavy atom. The molecule has 1 heterocycles. The third-order valence-electron chi connectivity index (χ3n) is 2.95. The third-order valence-corrected chi connectivity index (χ3v) is 3.98. The predicted octanol–water partition coefficient (Wildman–Crippen LogP) is 3.10. The first kappa shape index (κ1) is 13.9. The summed E-state index contributed by atoms with van der Waals surface area (Å²) in [5.41, 5.74) is 8.56. The molecule has 0 spiro atoms. The van der Waals surface area contributed by atoms with Crippen LogP contribution >= 0.6 is 15.9 Å². The summed E-state index contributed by atoms with van der Waals surface area (Å²) in [6.45, 7) is 3.94. The van der Waals surface area contributed by atoms with E-state index in [1.165, 1.54) is 6.07 Å². The van der Waals surface area contributed by atoms with Gasteiger partial charge in [-0.3, -0.25) is 4.68 Å². The van der Waals surface area contributed by atoms with Gasteiger partial charge in [-0.15, -0.1) is 0 Å². The number of benzene rings is 1. The van der Waals surface area contributed by atoms with E-state index in [1.807, 2.05) is 20.9 Å². The monoisotopic (exact) mass is 327 g/mol. The Balaban J connectivity index is 2.21. The highest BCUT2D eigenvalue weighted by Gasteiger charge is 2.13. The second-order valence-electron chi connectivity index (χ2n) is 4.40. The van der Waals surface area contributed by atoms with E-state index in [2.05, 4.69) is 21.0 Å². The summed E-state index contributed by atoms with van der Waals surface area (Å²) < 4.78 is 21.8. The number of anilines is 1. The van der Waals surface area contributed by atoms with Gasteiger partial charge >= 0.3 is 0 Å². The van der Waals surface area contributed by atoms with Crippen LogP contribution in [-0.4, -0.2) is 9.78 Å². The second kappa shape index (κ2) is 5.21. The van der Waals surface area contributed by atoms with Gasteiger partial charge in [0.2, 0.25) is 0 Å². The Morgan fingerprint density at radius 1 is 1.42 bits per heavy atom. The Bertz CT molecular complexity index is 625. The minimum atomic E-state index is -0.460. The minimum absolute atomic E-state index is 0.192. The number of aromatic nitrogens is 2. The lowest BCUT2D eigenvalue weighted by molar-refractivity contribution is 0.279. The number of hydrogen-bond acceptors (Lipinski definition) is 3. The van der Waals surface area contributed by atoms with Crippen molar-refractivity contribution in [2.45, 2.75) is 20.5 Å². The molecule has 4 nitrogen and oxygen atoms in total. The summed E-state index contributed by atoms with van der Waals surface area (Å²) in [4.78, 5) is 0. The Morgan fingerprint density at radius 3 is 2.68 bits per heavy atom. The van der Waals surface area contributed by atoms with Crippen molar-refractivity contribution < 1.29 is 9.13 Å². The van der Waals surface area contributed by atoms with Crippen molar-refractivity contribution in [1.82, 2.24) is 9.78 Å². The summed E-state index contributed by atoms with van der Waals surface area (Å²) >= 11 is 3.44. The summed E-state index contributed by atoms with van der Waals surface area (Å²) in [5, 5.41) is 4.25. The van der Waals surface area contributed by atoms with Crippen LogP contribution in [0.1, 0.15) is 17.0 Å². The van der Waals surface area contributed by atoms with Crippen molar-refractivity contribution in [3.05, 3.63) is 39.4 Å². The molecule has 2 rings (SSSR count). The zero-order valence-corrected chi connectivity index (χ0v) is 12.6. The molecule has 0 unspecified atom stereocenters. The van der Waals surface area contributed by atoms with Crippen LogP contribution in [0.4, 0.5) is 10.1 Å². The van der Waals surface area contributed by atoms with Crippen molar-refractivity contribution in [2.75, 3.05) is 5.73 Å². The molecule has 0 saturated carbocycles. The minimum Gasteiger partial charge on any atom is -0.484 e. The summed E-state index contributed by atoms with van der Waals surface area (Å²) in [7, 11) is 1.82. The molecular weight excluding hydrogens is 313 g/mol. The van der Waals surface area contributed by atoms with Crippen molar-refractivity contribution >= 4 is 21.6 Å². The highest BCUT2D eigenvalue weighted by Crippen LogP contribution is 2.26. The van der Waals surface area contributed by atoms with Crippen LogP contribution in [-0.2, 0) is 13.7 Å². The number of halogens is 2. The molecule has 1 aromatic carbocycles. The van der Waals surface area contributed by atoms with Gasteiger partial charge in [-0.1, -0.05) is 0 Å². The molecular formula is C13H15BrFN3O. The van der Waals surface area contributed by atoms with E-state index in [4.69, 9.17) is 10.5 Å². The van der Waals surface area contributed by atoms with E-state index in [0.29, 0.717) is 5.69 Å². The van der Waals surface area contributed by atoms with E-state index in [9.17, 15) is 4.39 Å². The Hall–Kier alpha value is -1.56. The number of rotatable bonds is 3. The number of ether oxygens (including phenoxy) is 1. The molecule has 2 aromatic rings. The van der Waals surface area contributed by atoms with E-state index >= 15 is 0 Å². The van der Waals surface area contributed by atoms with Crippen LogP contribution in [0.15, 0.2) is 16.6 Å². The van der Waals surface area contributed by atoms with Gasteiger partial charge in [-0.25, -0.2) is 4.39 Å². The van der Waals surface area contributed by atoms with E-state index < -0.39 is 5.82 Å². The lowest BCUT2D eigenvalue weighted by atomic mass is 10.2. The van der Waals surface area contributed by atoms with Crippen LogP contribution < -0.4 is 10.5 Å². The Kier molecular flexibility index (Phi) is 3.80. The summed E-state index contributed by atoms with van der Waals surface area (Å²) in [6, 6.07) is 2.87. The smallest absolute Gasteiger partial charge is 0.167 e. The molecule has 102 valence electrons. The third kappa shape index (κ3) is 2.73. The average Bonchev–Trinajstić information content (AvgIpc) is 2.57. The summed E-state index contributed by atoms with van der Waals surface area (Å²) in [5.74, 6) is -0.268. The maximum absolute atomic E-state index is 13.7. The SMILES string of the molecule is Cc1cc(OCc2c(Br)c(C)nn2C)c(F)cc1N. The molecule has 0 aliphatic heterocycles. The number of nitrogens with zero attached hydrogens (tertiary/aromatic N) is 2. The van der Waals surface area contributed by atoms with Gasteiger partial charge in [0.15, 0.2) is 11.6 Å². The van der Waals surface area contributed by atoms with Gasteiger partial charge in [0.05, 0.1) is 15.9 Å². The van der Waals surface area contributed by atoms with E-state index in [-0.39, 0.29) is 12.4 Å². The molecule has 1 aromatic heterocycles.